The minimum absolute atomic E-state index is 0.0123. The third kappa shape index (κ3) is 4.66. The molecule has 1 N–H and O–H groups in total. The van der Waals surface area contributed by atoms with Crippen molar-refractivity contribution in [2.75, 3.05) is 26.9 Å². The quantitative estimate of drug-likeness (QED) is 0.777. The van der Waals surface area contributed by atoms with E-state index in [4.69, 9.17) is 18.9 Å². The van der Waals surface area contributed by atoms with Gasteiger partial charge in [0.25, 0.3) is 5.91 Å². The molecule has 2 aromatic carbocycles. The number of para-hydroxylation sites is 2. The minimum atomic E-state index is -0.808. The number of esters is 1. The van der Waals surface area contributed by atoms with Crippen molar-refractivity contribution in [3.8, 4) is 17.2 Å². The summed E-state index contributed by atoms with van der Waals surface area (Å²) in [4.78, 5) is 23.7. The SMILES string of the molecule is COc1ccc(C(=O)OCC(=O)NC[C@H]2COc3ccccc3O2)cc1F. The summed E-state index contributed by atoms with van der Waals surface area (Å²) in [6, 6.07) is 10.9. The van der Waals surface area contributed by atoms with Crippen LogP contribution in [0.5, 0.6) is 17.2 Å². The Balaban J connectivity index is 1.43. The smallest absolute Gasteiger partial charge is 0.338 e. The van der Waals surface area contributed by atoms with Crippen LogP contribution in [-0.2, 0) is 9.53 Å². The van der Waals surface area contributed by atoms with E-state index in [2.05, 4.69) is 5.32 Å². The molecule has 27 heavy (non-hydrogen) atoms. The molecule has 0 spiro atoms. The third-order valence-corrected chi connectivity index (χ3v) is 3.82. The van der Waals surface area contributed by atoms with E-state index in [1.807, 2.05) is 12.1 Å². The van der Waals surface area contributed by atoms with Crippen molar-refractivity contribution < 1.29 is 32.9 Å². The number of hydrogen-bond donors (Lipinski definition) is 1. The number of hydrogen-bond acceptors (Lipinski definition) is 6. The van der Waals surface area contributed by atoms with E-state index >= 15 is 0 Å². The molecule has 0 radical (unpaired) electrons. The van der Waals surface area contributed by atoms with Gasteiger partial charge in [-0.2, -0.15) is 0 Å². The second-order valence-corrected chi connectivity index (χ2v) is 5.73. The minimum Gasteiger partial charge on any atom is -0.494 e. The lowest BCUT2D eigenvalue weighted by Gasteiger charge is -2.26. The molecule has 2 aromatic rings. The summed E-state index contributed by atoms with van der Waals surface area (Å²) in [6.07, 6.45) is -0.352. The van der Waals surface area contributed by atoms with Gasteiger partial charge in [0.1, 0.15) is 12.7 Å². The van der Waals surface area contributed by atoms with Gasteiger partial charge < -0.3 is 24.3 Å². The molecular formula is C19H18FNO6. The molecule has 142 valence electrons. The maximum atomic E-state index is 13.6. The van der Waals surface area contributed by atoms with E-state index in [1.54, 1.807) is 12.1 Å². The number of nitrogens with one attached hydrogen (secondary N) is 1. The molecule has 0 aliphatic carbocycles. The van der Waals surface area contributed by atoms with E-state index < -0.39 is 24.3 Å². The summed E-state index contributed by atoms with van der Waals surface area (Å²) in [5.41, 5.74) is -0.0123. The lowest BCUT2D eigenvalue weighted by molar-refractivity contribution is -0.124. The van der Waals surface area contributed by atoms with E-state index in [-0.39, 0.29) is 24.0 Å². The fraction of sp³-hybridized carbons (Fsp3) is 0.263. The molecule has 1 amide bonds. The first-order valence-electron chi connectivity index (χ1n) is 8.22. The van der Waals surface area contributed by atoms with Crippen molar-refractivity contribution in [2.24, 2.45) is 0 Å². The molecule has 0 bridgehead atoms. The van der Waals surface area contributed by atoms with Crippen molar-refractivity contribution in [3.05, 3.63) is 53.8 Å². The van der Waals surface area contributed by atoms with Crippen molar-refractivity contribution >= 4 is 11.9 Å². The highest BCUT2D eigenvalue weighted by Gasteiger charge is 2.21. The standard InChI is InChI=1S/C19H18FNO6/c1-24-15-7-6-12(8-14(15)20)19(23)26-11-18(22)21-9-13-10-25-16-4-2-3-5-17(16)27-13/h2-8,13H,9-11H2,1H3,(H,21,22)/t13-/m0/s1. The van der Waals surface area contributed by atoms with Gasteiger partial charge in [-0.15, -0.1) is 0 Å². The largest absolute Gasteiger partial charge is 0.494 e. The van der Waals surface area contributed by atoms with Crippen LogP contribution in [0.4, 0.5) is 4.39 Å². The Morgan fingerprint density at radius 2 is 2.00 bits per heavy atom. The van der Waals surface area contributed by atoms with Crippen LogP contribution in [0.2, 0.25) is 0 Å². The Bertz CT molecular complexity index is 841. The topological polar surface area (TPSA) is 83.1 Å². The van der Waals surface area contributed by atoms with Crippen LogP contribution in [0.15, 0.2) is 42.5 Å². The Kier molecular flexibility index (Phi) is 5.75. The fourth-order valence-corrected chi connectivity index (χ4v) is 2.45. The lowest BCUT2D eigenvalue weighted by Crippen LogP contribution is -2.42. The van der Waals surface area contributed by atoms with Gasteiger partial charge in [-0.1, -0.05) is 12.1 Å². The molecule has 0 saturated heterocycles. The highest BCUT2D eigenvalue weighted by Crippen LogP contribution is 2.30. The molecular weight excluding hydrogens is 357 g/mol. The van der Waals surface area contributed by atoms with Gasteiger partial charge >= 0.3 is 5.97 Å². The summed E-state index contributed by atoms with van der Waals surface area (Å²) < 4.78 is 34.5. The highest BCUT2D eigenvalue weighted by molar-refractivity contribution is 5.91. The maximum Gasteiger partial charge on any atom is 0.338 e. The first-order chi connectivity index (χ1) is 13.1. The van der Waals surface area contributed by atoms with Gasteiger partial charge in [0, 0.05) is 0 Å². The number of rotatable bonds is 6. The van der Waals surface area contributed by atoms with Crippen molar-refractivity contribution in [1.29, 1.82) is 0 Å². The Morgan fingerprint density at radius 1 is 1.22 bits per heavy atom. The number of carbonyl (C=O) groups excluding carboxylic acids is 2. The number of halogens is 1. The number of methoxy groups -OCH3 is 1. The summed E-state index contributed by atoms with van der Waals surface area (Å²) in [5, 5.41) is 2.60. The number of carbonyl (C=O) groups is 2. The molecule has 1 aliphatic heterocycles. The Morgan fingerprint density at radius 3 is 2.74 bits per heavy atom. The third-order valence-electron chi connectivity index (χ3n) is 3.82. The Labute approximate surface area is 155 Å². The molecule has 0 saturated carbocycles. The normalized spacial score (nSPS) is 15.0. The second-order valence-electron chi connectivity index (χ2n) is 5.73. The van der Waals surface area contributed by atoms with Crippen LogP contribution in [0.3, 0.4) is 0 Å². The molecule has 8 heteroatoms. The zero-order chi connectivity index (χ0) is 19.2. The van der Waals surface area contributed by atoms with Gasteiger partial charge in [-0.25, -0.2) is 9.18 Å². The first-order valence-corrected chi connectivity index (χ1v) is 8.22. The van der Waals surface area contributed by atoms with Crippen molar-refractivity contribution in [1.82, 2.24) is 5.32 Å². The van der Waals surface area contributed by atoms with Gasteiger partial charge in [-0.3, -0.25) is 4.79 Å². The summed E-state index contributed by atoms with van der Waals surface area (Å²) in [6.45, 7) is 0.000728. The zero-order valence-electron chi connectivity index (χ0n) is 14.6. The molecule has 3 rings (SSSR count). The molecule has 7 nitrogen and oxygen atoms in total. The van der Waals surface area contributed by atoms with Crippen LogP contribution in [0, 0.1) is 5.82 Å². The van der Waals surface area contributed by atoms with E-state index in [0.29, 0.717) is 18.1 Å². The van der Waals surface area contributed by atoms with Crippen LogP contribution >= 0.6 is 0 Å². The van der Waals surface area contributed by atoms with Gasteiger partial charge in [-0.05, 0) is 30.3 Å². The van der Waals surface area contributed by atoms with Gasteiger partial charge in [0.2, 0.25) is 0 Å². The predicted octanol–water partition coefficient (Wildman–Crippen LogP) is 1.95. The van der Waals surface area contributed by atoms with Gasteiger partial charge in [0.05, 0.1) is 19.2 Å². The van der Waals surface area contributed by atoms with Crippen LogP contribution < -0.4 is 19.5 Å². The average Bonchev–Trinajstić information content (AvgIpc) is 2.70. The van der Waals surface area contributed by atoms with Crippen LogP contribution in [0.1, 0.15) is 10.4 Å². The molecule has 0 aromatic heterocycles. The zero-order valence-corrected chi connectivity index (χ0v) is 14.6. The van der Waals surface area contributed by atoms with E-state index in [0.717, 1.165) is 6.07 Å². The fourth-order valence-electron chi connectivity index (χ4n) is 2.45. The van der Waals surface area contributed by atoms with Gasteiger partial charge in [0.15, 0.2) is 29.7 Å². The van der Waals surface area contributed by atoms with E-state index in [9.17, 15) is 14.0 Å². The molecule has 1 atom stereocenters. The summed E-state index contributed by atoms with van der Waals surface area (Å²) in [5.74, 6) is -0.721. The second kappa shape index (κ2) is 8.39. The number of amides is 1. The Hall–Kier alpha value is -3.29. The highest BCUT2D eigenvalue weighted by atomic mass is 19.1. The van der Waals surface area contributed by atoms with Crippen LogP contribution in [-0.4, -0.2) is 44.8 Å². The number of ether oxygens (including phenoxy) is 4. The molecule has 0 unspecified atom stereocenters. The molecule has 1 heterocycles. The maximum absolute atomic E-state index is 13.6. The lowest BCUT2D eigenvalue weighted by atomic mass is 10.2. The monoisotopic (exact) mass is 375 g/mol. The van der Waals surface area contributed by atoms with Crippen molar-refractivity contribution in [2.45, 2.75) is 6.10 Å². The molecule has 0 fully saturated rings. The van der Waals surface area contributed by atoms with Crippen molar-refractivity contribution in [3.63, 3.8) is 0 Å². The molecule has 1 aliphatic rings. The predicted molar refractivity (Wildman–Crippen MR) is 92.6 cm³/mol. The first kappa shape index (κ1) is 18.5. The number of fused-ring (bicyclic) bond motifs is 1. The number of benzene rings is 2. The average molecular weight is 375 g/mol. The van der Waals surface area contributed by atoms with E-state index in [1.165, 1.54) is 19.2 Å². The summed E-state index contributed by atoms with van der Waals surface area (Å²) in [7, 11) is 1.32. The van der Waals surface area contributed by atoms with Crippen LogP contribution in [0.25, 0.3) is 0 Å². The summed E-state index contributed by atoms with van der Waals surface area (Å²) >= 11 is 0.